The van der Waals surface area contributed by atoms with E-state index in [4.69, 9.17) is 4.74 Å². The summed E-state index contributed by atoms with van der Waals surface area (Å²) in [6.07, 6.45) is 1.66. The highest BCUT2D eigenvalue weighted by atomic mass is 16.5. The number of aromatic nitrogens is 2. The summed E-state index contributed by atoms with van der Waals surface area (Å²) in [5, 5.41) is 7.10. The van der Waals surface area contributed by atoms with E-state index in [2.05, 4.69) is 10.4 Å². The molecular weight excluding hydrogens is 294 g/mol. The predicted molar refractivity (Wildman–Crippen MR) is 85.8 cm³/mol. The SMILES string of the molecule is COC(=O)[C@@H](C)[C@@H](NC(=O)c1cn(C)nc1C)c1ccccc1. The number of nitrogens with zero attached hydrogens (tertiary/aromatic N) is 2. The smallest absolute Gasteiger partial charge is 0.310 e. The normalized spacial score (nSPS) is 13.2. The van der Waals surface area contributed by atoms with E-state index in [0.717, 1.165) is 5.56 Å². The van der Waals surface area contributed by atoms with Gasteiger partial charge in [-0.3, -0.25) is 14.3 Å². The maximum absolute atomic E-state index is 12.6. The zero-order chi connectivity index (χ0) is 17.0. The van der Waals surface area contributed by atoms with Crippen LogP contribution in [0.25, 0.3) is 0 Å². The van der Waals surface area contributed by atoms with Crippen molar-refractivity contribution >= 4 is 11.9 Å². The van der Waals surface area contributed by atoms with E-state index < -0.39 is 12.0 Å². The number of aryl methyl sites for hydroxylation is 2. The first-order valence-corrected chi connectivity index (χ1v) is 7.38. The molecule has 0 bridgehead atoms. The van der Waals surface area contributed by atoms with Crippen LogP contribution in [0.2, 0.25) is 0 Å². The second-order valence-corrected chi connectivity index (χ2v) is 5.48. The molecule has 0 fully saturated rings. The minimum absolute atomic E-state index is 0.264. The number of hydrogen-bond donors (Lipinski definition) is 1. The number of methoxy groups -OCH3 is 1. The van der Waals surface area contributed by atoms with Gasteiger partial charge in [-0.25, -0.2) is 0 Å². The van der Waals surface area contributed by atoms with Gasteiger partial charge in [0.1, 0.15) is 0 Å². The highest BCUT2D eigenvalue weighted by Crippen LogP contribution is 2.23. The van der Waals surface area contributed by atoms with Crippen molar-refractivity contribution in [3.05, 3.63) is 53.3 Å². The fourth-order valence-corrected chi connectivity index (χ4v) is 2.52. The number of carbonyl (C=O) groups is 2. The van der Waals surface area contributed by atoms with Crippen LogP contribution in [0.3, 0.4) is 0 Å². The Morgan fingerprint density at radius 3 is 2.43 bits per heavy atom. The van der Waals surface area contributed by atoms with Crippen molar-refractivity contribution in [2.45, 2.75) is 19.9 Å². The Morgan fingerprint density at radius 2 is 1.91 bits per heavy atom. The van der Waals surface area contributed by atoms with Crippen LogP contribution in [0.15, 0.2) is 36.5 Å². The summed E-state index contributed by atoms with van der Waals surface area (Å²) in [5.74, 6) is -1.15. The molecule has 1 aromatic heterocycles. The van der Waals surface area contributed by atoms with Crippen LogP contribution in [-0.2, 0) is 16.6 Å². The predicted octanol–water partition coefficient (Wildman–Crippen LogP) is 2.01. The number of nitrogens with one attached hydrogen (secondary N) is 1. The van der Waals surface area contributed by atoms with E-state index in [0.29, 0.717) is 11.3 Å². The molecule has 6 heteroatoms. The summed E-state index contributed by atoms with van der Waals surface area (Å²) in [6, 6.07) is 8.90. The fourth-order valence-electron chi connectivity index (χ4n) is 2.52. The molecule has 1 aromatic carbocycles. The van der Waals surface area contributed by atoms with Gasteiger partial charge in [0.25, 0.3) is 5.91 Å². The molecule has 1 amide bonds. The summed E-state index contributed by atoms with van der Waals surface area (Å²) in [7, 11) is 3.10. The molecule has 122 valence electrons. The zero-order valence-corrected chi connectivity index (χ0v) is 13.7. The summed E-state index contributed by atoms with van der Waals surface area (Å²) in [5.41, 5.74) is 1.98. The summed E-state index contributed by atoms with van der Waals surface area (Å²) in [4.78, 5) is 24.5. The van der Waals surface area contributed by atoms with Crippen molar-refractivity contribution in [1.29, 1.82) is 0 Å². The van der Waals surface area contributed by atoms with E-state index in [1.165, 1.54) is 7.11 Å². The molecule has 2 atom stereocenters. The Hall–Kier alpha value is -2.63. The third-order valence-corrected chi connectivity index (χ3v) is 3.78. The van der Waals surface area contributed by atoms with E-state index in [1.807, 2.05) is 30.3 Å². The molecule has 23 heavy (non-hydrogen) atoms. The van der Waals surface area contributed by atoms with Gasteiger partial charge in [0.2, 0.25) is 0 Å². The minimum Gasteiger partial charge on any atom is -0.469 e. The van der Waals surface area contributed by atoms with Crippen molar-refractivity contribution in [3.8, 4) is 0 Å². The lowest BCUT2D eigenvalue weighted by Crippen LogP contribution is -2.36. The quantitative estimate of drug-likeness (QED) is 0.857. The maximum Gasteiger partial charge on any atom is 0.310 e. The molecule has 2 rings (SSSR count). The molecule has 1 N–H and O–H groups in total. The van der Waals surface area contributed by atoms with Crippen molar-refractivity contribution in [2.75, 3.05) is 7.11 Å². The molecule has 0 unspecified atom stereocenters. The number of amides is 1. The van der Waals surface area contributed by atoms with Gasteiger partial charge in [0.15, 0.2) is 0 Å². The molecule has 0 aliphatic heterocycles. The first-order chi connectivity index (χ1) is 10.9. The number of carbonyl (C=O) groups excluding carboxylic acids is 2. The molecular formula is C17H21N3O3. The molecule has 2 aromatic rings. The van der Waals surface area contributed by atoms with Gasteiger partial charge in [-0.2, -0.15) is 5.10 Å². The Bertz CT molecular complexity index is 694. The van der Waals surface area contributed by atoms with Gasteiger partial charge in [-0.05, 0) is 19.4 Å². The van der Waals surface area contributed by atoms with Crippen LogP contribution in [0.5, 0.6) is 0 Å². The molecule has 0 saturated heterocycles. The molecule has 0 aliphatic rings. The van der Waals surface area contributed by atoms with Gasteiger partial charge < -0.3 is 10.1 Å². The topological polar surface area (TPSA) is 73.2 Å². The number of ether oxygens (including phenoxy) is 1. The number of hydrogen-bond acceptors (Lipinski definition) is 4. The first-order valence-electron chi connectivity index (χ1n) is 7.38. The molecule has 1 heterocycles. The third kappa shape index (κ3) is 3.77. The Balaban J connectivity index is 2.29. The minimum atomic E-state index is -0.511. The maximum atomic E-state index is 12.6. The fraction of sp³-hybridized carbons (Fsp3) is 0.353. The molecule has 0 radical (unpaired) electrons. The zero-order valence-electron chi connectivity index (χ0n) is 13.7. The number of rotatable bonds is 5. The Labute approximate surface area is 135 Å². The average Bonchev–Trinajstić information content (AvgIpc) is 2.90. The third-order valence-electron chi connectivity index (χ3n) is 3.78. The van der Waals surface area contributed by atoms with Crippen molar-refractivity contribution in [1.82, 2.24) is 15.1 Å². The number of esters is 1. The van der Waals surface area contributed by atoms with Crippen molar-refractivity contribution in [2.24, 2.45) is 13.0 Å². The second kappa shape index (κ2) is 7.09. The van der Waals surface area contributed by atoms with Crippen LogP contribution in [0.4, 0.5) is 0 Å². The van der Waals surface area contributed by atoms with Gasteiger partial charge in [0.05, 0.1) is 30.3 Å². The van der Waals surface area contributed by atoms with E-state index in [1.54, 1.807) is 31.8 Å². The lowest BCUT2D eigenvalue weighted by Gasteiger charge is -2.24. The van der Waals surface area contributed by atoms with E-state index in [9.17, 15) is 9.59 Å². The standard InChI is InChI=1S/C17H21N3O3/c1-11(17(22)23-4)15(13-8-6-5-7-9-13)18-16(21)14-10-20(3)19-12(14)2/h5-11,15H,1-4H3,(H,18,21)/t11-,15+/m0/s1. The summed E-state index contributed by atoms with van der Waals surface area (Å²) in [6.45, 7) is 3.51. The van der Waals surface area contributed by atoms with Crippen LogP contribution in [-0.4, -0.2) is 28.8 Å². The lowest BCUT2D eigenvalue weighted by atomic mass is 9.94. The average molecular weight is 315 g/mol. The largest absolute Gasteiger partial charge is 0.469 e. The Kier molecular flexibility index (Phi) is 5.16. The summed E-state index contributed by atoms with van der Waals surface area (Å²) >= 11 is 0. The Morgan fingerprint density at radius 1 is 1.26 bits per heavy atom. The molecule has 0 spiro atoms. The van der Waals surface area contributed by atoms with Crippen molar-refractivity contribution < 1.29 is 14.3 Å². The summed E-state index contributed by atoms with van der Waals surface area (Å²) < 4.78 is 6.41. The van der Waals surface area contributed by atoms with Crippen LogP contribution in [0, 0.1) is 12.8 Å². The van der Waals surface area contributed by atoms with Gasteiger partial charge in [-0.15, -0.1) is 0 Å². The molecule has 6 nitrogen and oxygen atoms in total. The van der Waals surface area contributed by atoms with E-state index >= 15 is 0 Å². The van der Waals surface area contributed by atoms with Crippen LogP contribution in [0.1, 0.15) is 34.6 Å². The van der Waals surface area contributed by atoms with Crippen LogP contribution < -0.4 is 5.32 Å². The molecule has 0 aliphatic carbocycles. The highest BCUT2D eigenvalue weighted by Gasteiger charge is 2.28. The van der Waals surface area contributed by atoms with Crippen molar-refractivity contribution in [3.63, 3.8) is 0 Å². The van der Waals surface area contributed by atoms with Gasteiger partial charge in [-0.1, -0.05) is 30.3 Å². The second-order valence-electron chi connectivity index (χ2n) is 5.48. The first kappa shape index (κ1) is 16.7. The monoisotopic (exact) mass is 315 g/mol. The van der Waals surface area contributed by atoms with E-state index in [-0.39, 0.29) is 11.9 Å². The highest BCUT2D eigenvalue weighted by molar-refractivity contribution is 5.95. The lowest BCUT2D eigenvalue weighted by molar-refractivity contribution is -0.145. The molecule has 0 saturated carbocycles. The van der Waals surface area contributed by atoms with Crippen LogP contribution >= 0.6 is 0 Å². The van der Waals surface area contributed by atoms with Gasteiger partial charge in [0, 0.05) is 13.2 Å². The number of benzene rings is 1. The van der Waals surface area contributed by atoms with Gasteiger partial charge >= 0.3 is 5.97 Å².